The quantitative estimate of drug-likeness (QED) is 0.522. The molecule has 0 radical (unpaired) electrons. The van der Waals surface area contributed by atoms with Gasteiger partial charge in [0.1, 0.15) is 5.75 Å². The van der Waals surface area contributed by atoms with Crippen molar-refractivity contribution in [1.82, 2.24) is 5.32 Å². The van der Waals surface area contributed by atoms with Crippen molar-refractivity contribution in [3.05, 3.63) is 26.6 Å². The van der Waals surface area contributed by atoms with E-state index in [-0.39, 0.29) is 0 Å². The summed E-state index contributed by atoms with van der Waals surface area (Å²) in [7, 11) is 0. The fourth-order valence-corrected chi connectivity index (χ4v) is 3.18. The summed E-state index contributed by atoms with van der Waals surface area (Å²) in [6.45, 7) is 4.42. The molecule has 0 spiro atoms. The van der Waals surface area contributed by atoms with E-state index in [1.54, 1.807) is 0 Å². The van der Waals surface area contributed by atoms with E-state index in [4.69, 9.17) is 11.2 Å². The molecule has 4 heteroatoms. The topological polar surface area (TPSA) is 21.3 Å². The smallest absolute Gasteiger partial charge is 0.138 e. The summed E-state index contributed by atoms with van der Waals surface area (Å²) in [5.74, 6) is 3.58. The van der Waals surface area contributed by atoms with Gasteiger partial charge in [-0.15, -0.1) is 12.3 Å². The van der Waals surface area contributed by atoms with E-state index in [0.717, 1.165) is 52.6 Å². The third kappa shape index (κ3) is 5.99. The van der Waals surface area contributed by atoms with E-state index in [9.17, 15) is 0 Å². The van der Waals surface area contributed by atoms with Gasteiger partial charge in [0.25, 0.3) is 0 Å². The van der Waals surface area contributed by atoms with Crippen LogP contribution in [0.4, 0.5) is 0 Å². The van der Waals surface area contributed by atoms with Crippen LogP contribution in [0.15, 0.2) is 21.1 Å². The minimum Gasteiger partial charge on any atom is -0.492 e. The molecule has 0 aromatic heterocycles. The molecule has 1 rings (SSSR count). The number of hydrogen-bond donors (Lipinski definition) is 1. The SMILES string of the molecule is C#CCCCCNCc1cc(Br)cc(Br)c1OCC. The number of hydrogen-bond acceptors (Lipinski definition) is 2. The second-order valence-corrected chi connectivity index (χ2v) is 5.92. The summed E-state index contributed by atoms with van der Waals surface area (Å²) in [5, 5.41) is 3.42. The maximum atomic E-state index is 5.68. The Morgan fingerprint density at radius 2 is 2.11 bits per heavy atom. The Balaban J connectivity index is 2.54. The van der Waals surface area contributed by atoms with Crippen molar-refractivity contribution < 1.29 is 4.74 Å². The summed E-state index contributed by atoms with van der Waals surface area (Å²) < 4.78 is 7.71. The zero-order chi connectivity index (χ0) is 14.1. The van der Waals surface area contributed by atoms with Crippen molar-refractivity contribution in [2.45, 2.75) is 32.7 Å². The third-order valence-electron chi connectivity index (χ3n) is 2.61. The first-order valence-corrected chi connectivity index (χ1v) is 8.02. The van der Waals surface area contributed by atoms with Crippen LogP contribution in [0.25, 0.3) is 0 Å². The minimum absolute atomic E-state index is 0.662. The number of benzene rings is 1. The molecule has 1 N–H and O–H groups in total. The molecule has 0 heterocycles. The number of rotatable bonds is 8. The van der Waals surface area contributed by atoms with E-state index >= 15 is 0 Å². The zero-order valence-electron chi connectivity index (χ0n) is 11.1. The first-order valence-electron chi connectivity index (χ1n) is 6.44. The predicted molar refractivity (Wildman–Crippen MR) is 87.4 cm³/mol. The molecule has 0 aliphatic rings. The number of unbranched alkanes of at least 4 members (excludes halogenated alkanes) is 2. The van der Waals surface area contributed by atoms with Gasteiger partial charge in [-0.3, -0.25) is 0 Å². The second-order valence-electron chi connectivity index (χ2n) is 4.15. The van der Waals surface area contributed by atoms with Gasteiger partial charge < -0.3 is 10.1 Å². The molecular formula is C15H19Br2NO. The van der Waals surface area contributed by atoms with Crippen LogP contribution in [0.1, 0.15) is 31.7 Å². The molecule has 104 valence electrons. The second kappa shape index (κ2) is 9.41. The summed E-state index contributed by atoms with van der Waals surface area (Å²) in [6.07, 6.45) is 8.25. The largest absolute Gasteiger partial charge is 0.492 e. The molecule has 2 nitrogen and oxygen atoms in total. The lowest BCUT2D eigenvalue weighted by atomic mass is 10.2. The van der Waals surface area contributed by atoms with Crippen LogP contribution in [-0.2, 0) is 6.54 Å². The van der Waals surface area contributed by atoms with E-state index < -0.39 is 0 Å². The van der Waals surface area contributed by atoms with Gasteiger partial charge >= 0.3 is 0 Å². The Kier molecular flexibility index (Phi) is 8.20. The Hall–Kier alpha value is -0.500. The van der Waals surface area contributed by atoms with Crippen LogP contribution < -0.4 is 10.1 Å². The van der Waals surface area contributed by atoms with Crippen molar-refractivity contribution >= 4 is 31.9 Å². The van der Waals surface area contributed by atoms with E-state index in [2.05, 4.69) is 49.2 Å². The molecule has 1 aromatic carbocycles. The van der Waals surface area contributed by atoms with E-state index in [1.807, 2.05) is 13.0 Å². The standard InChI is InChI=1S/C15H19Br2NO/c1-3-5-6-7-8-18-11-12-9-13(16)10-14(17)15(12)19-4-2/h1,9-10,18H,4-8,11H2,2H3. The summed E-state index contributed by atoms with van der Waals surface area (Å²) in [6, 6.07) is 4.09. The van der Waals surface area contributed by atoms with Gasteiger partial charge in [0, 0.05) is 23.0 Å². The van der Waals surface area contributed by atoms with Gasteiger partial charge in [0.15, 0.2) is 0 Å². The first kappa shape index (κ1) is 16.6. The summed E-state index contributed by atoms with van der Waals surface area (Å²) in [5.41, 5.74) is 1.15. The lowest BCUT2D eigenvalue weighted by Gasteiger charge is -2.13. The number of terminal acetylenes is 1. The van der Waals surface area contributed by atoms with E-state index in [0.29, 0.717) is 6.61 Å². The molecule has 19 heavy (non-hydrogen) atoms. The molecule has 0 aliphatic carbocycles. The minimum atomic E-state index is 0.662. The molecule has 0 atom stereocenters. The predicted octanol–water partition coefficient (Wildman–Crippen LogP) is 4.50. The maximum absolute atomic E-state index is 5.68. The maximum Gasteiger partial charge on any atom is 0.138 e. The highest BCUT2D eigenvalue weighted by atomic mass is 79.9. The Morgan fingerprint density at radius 3 is 2.79 bits per heavy atom. The van der Waals surface area contributed by atoms with Crippen LogP contribution in [-0.4, -0.2) is 13.2 Å². The molecule has 1 aromatic rings. The zero-order valence-corrected chi connectivity index (χ0v) is 14.3. The fourth-order valence-electron chi connectivity index (χ4n) is 1.75. The highest BCUT2D eigenvalue weighted by Crippen LogP contribution is 2.32. The van der Waals surface area contributed by atoms with Crippen LogP contribution >= 0.6 is 31.9 Å². The average molecular weight is 389 g/mol. The van der Waals surface area contributed by atoms with Crippen molar-refractivity contribution in [2.24, 2.45) is 0 Å². The number of nitrogens with one attached hydrogen (secondary N) is 1. The van der Waals surface area contributed by atoms with Gasteiger partial charge in [-0.2, -0.15) is 0 Å². The van der Waals surface area contributed by atoms with Crippen molar-refractivity contribution in [3.63, 3.8) is 0 Å². The van der Waals surface area contributed by atoms with Crippen LogP contribution in [0.3, 0.4) is 0 Å². The Bertz CT molecular complexity index is 441. The molecule has 0 aliphatic heterocycles. The van der Waals surface area contributed by atoms with Crippen LogP contribution in [0.2, 0.25) is 0 Å². The molecule has 0 saturated carbocycles. The van der Waals surface area contributed by atoms with Crippen molar-refractivity contribution in [1.29, 1.82) is 0 Å². The van der Waals surface area contributed by atoms with Gasteiger partial charge in [0.05, 0.1) is 11.1 Å². The van der Waals surface area contributed by atoms with Gasteiger partial charge in [0.2, 0.25) is 0 Å². The van der Waals surface area contributed by atoms with Gasteiger partial charge in [-0.05, 0) is 54.4 Å². The van der Waals surface area contributed by atoms with Crippen molar-refractivity contribution in [2.75, 3.05) is 13.2 Å². The van der Waals surface area contributed by atoms with Gasteiger partial charge in [-0.1, -0.05) is 15.9 Å². The number of ether oxygens (including phenoxy) is 1. The van der Waals surface area contributed by atoms with E-state index in [1.165, 1.54) is 0 Å². The van der Waals surface area contributed by atoms with Crippen molar-refractivity contribution in [3.8, 4) is 18.1 Å². The third-order valence-corrected chi connectivity index (χ3v) is 3.66. The fraction of sp³-hybridized carbons (Fsp3) is 0.467. The number of halogens is 2. The summed E-state index contributed by atoms with van der Waals surface area (Å²) >= 11 is 7.04. The normalized spacial score (nSPS) is 10.2. The molecular weight excluding hydrogens is 370 g/mol. The highest BCUT2D eigenvalue weighted by molar-refractivity contribution is 9.11. The monoisotopic (exact) mass is 387 g/mol. The lowest BCUT2D eigenvalue weighted by Crippen LogP contribution is -2.15. The highest BCUT2D eigenvalue weighted by Gasteiger charge is 2.09. The van der Waals surface area contributed by atoms with Crippen LogP contribution in [0.5, 0.6) is 5.75 Å². The Labute approximate surface area is 132 Å². The first-order chi connectivity index (χ1) is 9.19. The lowest BCUT2D eigenvalue weighted by molar-refractivity contribution is 0.333. The average Bonchev–Trinajstić information content (AvgIpc) is 2.37. The molecule has 0 amide bonds. The summed E-state index contributed by atoms with van der Waals surface area (Å²) in [4.78, 5) is 0. The molecule has 0 fully saturated rings. The Morgan fingerprint density at radius 1 is 1.32 bits per heavy atom. The van der Waals surface area contributed by atoms with Crippen LogP contribution in [0, 0.1) is 12.3 Å². The molecule has 0 unspecified atom stereocenters. The molecule has 0 bridgehead atoms. The molecule has 0 saturated heterocycles. The van der Waals surface area contributed by atoms with Gasteiger partial charge in [-0.25, -0.2) is 0 Å².